The molecule has 32 heavy (non-hydrogen) atoms. The molecule has 160 valence electrons. The average Bonchev–Trinajstić information content (AvgIpc) is 2.79. The zero-order valence-corrected chi connectivity index (χ0v) is 19.4. The van der Waals surface area contributed by atoms with E-state index in [4.69, 9.17) is 14.5 Å². The lowest BCUT2D eigenvalue weighted by Gasteiger charge is -2.13. The summed E-state index contributed by atoms with van der Waals surface area (Å²) in [5.41, 5.74) is 5.16. The van der Waals surface area contributed by atoms with Gasteiger partial charge in [0.2, 0.25) is 0 Å². The van der Waals surface area contributed by atoms with E-state index in [0.29, 0.717) is 22.6 Å². The van der Waals surface area contributed by atoms with Crippen LogP contribution >= 0.6 is 15.9 Å². The smallest absolute Gasteiger partial charge is 0.344 e. The summed E-state index contributed by atoms with van der Waals surface area (Å²) in [6.07, 6.45) is 0. The van der Waals surface area contributed by atoms with Crippen molar-refractivity contribution in [3.63, 3.8) is 0 Å². The quantitative estimate of drug-likeness (QED) is 0.249. The summed E-state index contributed by atoms with van der Waals surface area (Å²) < 4.78 is 11.3. The SMILES string of the molecule is COC(=O)c1ccc(OC(=O)c2cc(-c3ccc(Br)cc3)nc3c(C)cc(C)cc23)cc1. The summed E-state index contributed by atoms with van der Waals surface area (Å²) in [5, 5.41) is 0.736. The van der Waals surface area contributed by atoms with Crippen molar-refractivity contribution in [2.24, 2.45) is 0 Å². The summed E-state index contributed by atoms with van der Waals surface area (Å²) in [6, 6.07) is 19.8. The van der Waals surface area contributed by atoms with Crippen LogP contribution in [-0.4, -0.2) is 24.0 Å². The highest BCUT2D eigenvalue weighted by atomic mass is 79.9. The molecule has 0 saturated heterocycles. The summed E-state index contributed by atoms with van der Waals surface area (Å²) >= 11 is 3.45. The number of methoxy groups -OCH3 is 1. The topological polar surface area (TPSA) is 65.5 Å². The van der Waals surface area contributed by atoms with Crippen molar-refractivity contribution < 1.29 is 19.1 Å². The largest absolute Gasteiger partial charge is 0.465 e. The van der Waals surface area contributed by atoms with Crippen LogP contribution in [0.4, 0.5) is 0 Å². The molecule has 0 atom stereocenters. The number of pyridine rings is 1. The Kier molecular flexibility index (Phi) is 6.06. The number of nitrogens with zero attached hydrogens (tertiary/aromatic N) is 1. The fraction of sp³-hybridized carbons (Fsp3) is 0.115. The van der Waals surface area contributed by atoms with Crippen molar-refractivity contribution in [3.05, 3.63) is 93.5 Å². The predicted molar refractivity (Wildman–Crippen MR) is 127 cm³/mol. The highest BCUT2D eigenvalue weighted by Crippen LogP contribution is 2.29. The number of benzene rings is 3. The third kappa shape index (κ3) is 4.41. The molecule has 0 aliphatic rings. The van der Waals surface area contributed by atoms with Crippen LogP contribution in [0.1, 0.15) is 31.8 Å². The molecule has 0 N–H and O–H groups in total. The predicted octanol–water partition coefficient (Wildman–Crippen LogP) is 6.29. The highest BCUT2D eigenvalue weighted by Gasteiger charge is 2.18. The maximum Gasteiger partial charge on any atom is 0.344 e. The van der Waals surface area contributed by atoms with Gasteiger partial charge in [-0.05, 0) is 67.9 Å². The minimum absolute atomic E-state index is 0.335. The maximum absolute atomic E-state index is 13.2. The number of hydrogen-bond acceptors (Lipinski definition) is 5. The van der Waals surface area contributed by atoms with Crippen molar-refractivity contribution in [3.8, 4) is 17.0 Å². The van der Waals surface area contributed by atoms with Crippen LogP contribution in [0.5, 0.6) is 5.75 Å². The number of rotatable bonds is 4. The van der Waals surface area contributed by atoms with Gasteiger partial charge in [0, 0.05) is 15.4 Å². The molecule has 4 rings (SSSR count). The normalized spacial score (nSPS) is 10.8. The van der Waals surface area contributed by atoms with E-state index in [-0.39, 0.29) is 0 Å². The third-order valence-electron chi connectivity index (χ3n) is 5.09. The maximum atomic E-state index is 13.2. The van der Waals surface area contributed by atoms with Crippen LogP contribution in [-0.2, 0) is 4.74 Å². The number of aromatic nitrogens is 1. The molecular formula is C26H20BrNO4. The highest BCUT2D eigenvalue weighted by molar-refractivity contribution is 9.10. The van der Waals surface area contributed by atoms with Gasteiger partial charge in [-0.25, -0.2) is 14.6 Å². The summed E-state index contributed by atoms with van der Waals surface area (Å²) in [5.74, 6) is -0.609. The Morgan fingerprint density at radius 3 is 2.22 bits per heavy atom. The molecule has 0 saturated carbocycles. The molecule has 0 amide bonds. The Balaban J connectivity index is 1.78. The summed E-state index contributed by atoms with van der Waals surface area (Å²) in [7, 11) is 1.32. The van der Waals surface area contributed by atoms with Gasteiger partial charge >= 0.3 is 11.9 Å². The molecule has 5 nitrogen and oxygen atoms in total. The van der Waals surface area contributed by atoms with Gasteiger partial charge in [0.05, 0.1) is 29.4 Å². The van der Waals surface area contributed by atoms with E-state index in [2.05, 4.69) is 15.9 Å². The molecule has 4 aromatic rings. The number of hydrogen-bond donors (Lipinski definition) is 0. The lowest BCUT2D eigenvalue weighted by molar-refractivity contribution is 0.0600. The van der Waals surface area contributed by atoms with Crippen molar-refractivity contribution >= 4 is 38.8 Å². The molecule has 0 radical (unpaired) electrons. The standard InChI is InChI=1S/C26H20BrNO4/c1-15-12-16(2)24-21(13-15)22(14-23(28-24)17-4-8-19(27)9-5-17)26(30)32-20-10-6-18(7-11-20)25(29)31-3/h4-14H,1-3H3. The van der Waals surface area contributed by atoms with Gasteiger partial charge < -0.3 is 9.47 Å². The molecule has 0 fully saturated rings. The Morgan fingerprint density at radius 2 is 1.56 bits per heavy atom. The van der Waals surface area contributed by atoms with Crippen LogP contribution in [0.2, 0.25) is 0 Å². The molecule has 0 spiro atoms. The van der Waals surface area contributed by atoms with Crippen molar-refractivity contribution in [2.45, 2.75) is 13.8 Å². The van der Waals surface area contributed by atoms with E-state index in [1.54, 1.807) is 30.3 Å². The Hall–Kier alpha value is -3.51. The number of carbonyl (C=O) groups is 2. The Morgan fingerprint density at radius 1 is 0.875 bits per heavy atom. The number of fused-ring (bicyclic) bond motifs is 1. The zero-order valence-electron chi connectivity index (χ0n) is 17.8. The van der Waals surface area contributed by atoms with Gasteiger partial charge in [0.1, 0.15) is 5.75 Å². The fourth-order valence-corrected chi connectivity index (χ4v) is 3.82. The molecule has 6 heteroatoms. The lowest BCUT2D eigenvalue weighted by Crippen LogP contribution is -2.11. The van der Waals surface area contributed by atoms with E-state index in [1.165, 1.54) is 7.11 Å². The Labute approximate surface area is 194 Å². The van der Waals surface area contributed by atoms with Gasteiger partial charge in [0.15, 0.2) is 0 Å². The lowest BCUT2D eigenvalue weighted by atomic mass is 10.00. The van der Waals surface area contributed by atoms with Crippen LogP contribution in [0.15, 0.2) is 71.2 Å². The van der Waals surface area contributed by atoms with E-state index >= 15 is 0 Å². The molecule has 1 aromatic heterocycles. The van der Waals surface area contributed by atoms with Crippen molar-refractivity contribution in [1.82, 2.24) is 4.98 Å². The first-order chi connectivity index (χ1) is 15.4. The molecule has 0 bridgehead atoms. The molecule has 0 aliphatic heterocycles. The second kappa shape index (κ2) is 8.93. The number of carbonyl (C=O) groups excluding carboxylic acids is 2. The van der Waals surface area contributed by atoms with Crippen molar-refractivity contribution in [1.29, 1.82) is 0 Å². The molecule has 0 aliphatic carbocycles. The first-order valence-electron chi connectivity index (χ1n) is 9.94. The third-order valence-corrected chi connectivity index (χ3v) is 5.62. The van der Waals surface area contributed by atoms with Gasteiger partial charge in [-0.2, -0.15) is 0 Å². The van der Waals surface area contributed by atoms with E-state index in [1.807, 2.05) is 50.2 Å². The second-order valence-electron chi connectivity index (χ2n) is 7.45. The molecular weight excluding hydrogens is 470 g/mol. The fourth-order valence-electron chi connectivity index (χ4n) is 3.56. The monoisotopic (exact) mass is 489 g/mol. The van der Waals surface area contributed by atoms with Gasteiger partial charge in [-0.1, -0.05) is 39.7 Å². The van der Waals surface area contributed by atoms with Crippen LogP contribution in [0.3, 0.4) is 0 Å². The number of halogens is 1. The Bertz CT molecular complexity index is 1330. The van der Waals surface area contributed by atoms with Crippen LogP contribution in [0.25, 0.3) is 22.2 Å². The number of ether oxygens (including phenoxy) is 2. The number of esters is 2. The first kappa shape index (κ1) is 21.7. The molecule has 0 unspecified atom stereocenters. The van der Waals surface area contributed by atoms with Gasteiger partial charge in [-0.3, -0.25) is 0 Å². The van der Waals surface area contributed by atoms with Crippen LogP contribution in [0, 0.1) is 13.8 Å². The molecule has 1 heterocycles. The summed E-state index contributed by atoms with van der Waals surface area (Å²) in [4.78, 5) is 29.7. The minimum Gasteiger partial charge on any atom is -0.465 e. The van der Waals surface area contributed by atoms with Gasteiger partial charge in [-0.15, -0.1) is 0 Å². The second-order valence-corrected chi connectivity index (χ2v) is 8.36. The average molecular weight is 490 g/mol. The minimum atomic E-state index is -0.494. The van der Waals surface area contributed by atoms with Crippen LogP contribution < -0.4 is 4.74 Å². The number of aryl methyl sites for hydroxylation is 2. The first-order valence-corrected chi connectivity index (χ1v) is 10.7. The van der Waals surface area contributed by atoms with Crippen molar-refractivity contribution in [2.75, 3.05) is 7.11 Å². The molecule has 3 aromatic carbocycles. The summed E-state index contributed by atoms with van der Waals surface area (Å²) in [6.45, 7) is 3.96. The van der Waals surface area contributed by atoms with E-state index < -0.39 is 11.9 Å². The van der Waals surface area contributed by atoms with Gasteiger partial charge in [0.25, 0.3) is 0 Å². The zero-order chi connectivity index (χ0) is 22.8. The van der Waals surface area contributed by atoms with E-state index in [9.17, 15) is 9.59 Å². The van der Waals surface area contributed by atoms with E-state index in [0.717, 1.165) is 32.1 Å².